The lowest BCUT2D eigenvalue weighted by atomic mass is 10.1. The largest absolute Gasteiger partial charge is 0.486 e. The molecule has 0 bridgehead atoms. The summed E-state index contributed by atoms with van der Waals surface area (Å²) < 4.78 is 94.0. The Labute approximate surface area is 207 Å². The summed E-state index contributed by atoms with van der Waals surface area (Å²) in [5, 5.41) is 9.22. The van der Waals surface area contributed by atoms with Crippen LogP contribution in [0.2, 0.25) is 0 Å². The number of ether oxygens (including phenoxy) is 2. The fourth-order valence-corrected chi connectivity index (χ4v) is 5.72. The minimum Gasteiger partial charge on any atom is -0.486 e. The number of carboxylic acid groups (broad SMARTS) is 1. The zero-order chi connectivity index (χ0) is 26.5. The van der Waals surface area contributed by atoms with Crippen LogP contribution < -0.4 is 9.47 Å². The molecule has 4 aromatic rings. The van der Waals surface area contributed by atoms with E-state index < -0.39 is 40.0 Å². The average molecular weight is 535 g/mol. The summed E-state index contributed by atoms with van der Waals surface area (Å²) in [4.78, 5) is 11.1. The normalized spacial score (nSPS) is 13.6. The summed E-state index contributed by atoms with van der Waals surface area (Å²) in [6, 6.07) is 10.8. The molecule has 1 aliphatic rings. The van der Waals surface area contributed by atoms with E-state index in [1.165, 1.54) is 24.3 Å². The van der Waals surface area contributed by atoms with Gasteiger partial charge in [-0.1, -0.05) is 0 Å². The third-order valence-electron chi connectivity index (χ3n) is 5.87. The third kappa shape index (κ3) is 4.48. The molecule has 3 aromatic carbocycles. The van der Waals surface area contributed by atoms with Gasteiger partial charge in [0.15, 0.2) is 11.5 Å². The highest BCUT2D eigenvalue weighted by atomic mass is 32.2. The van der Waals surface area contributed by atoms with Crippen LogP contribution in [-0.2, 0) is 22.6 Å². The summed E-state index contributed by atoms with van der Waals surface area (Å²) in [6.45, 7) is 0.488. The molecule has 1 aliphatic heterocycles. The lowest BCUT2D eigenvalue weighted by Gasteiger charge is -2.19. The number of hydrogen-bond acceptors (Lipinski definition) is 5. The number of carboxylic acids is 1. The number of halogens is 4. The summed E-state index contributed by atoms with van der Waals surface area (Å²) in [5.74, 6) is -1.59. The summed E-state index contributed by atoms with van der Waals surface area (Å²) in [6.07, 6.45) is -5.08. The van der Waals surface area contributed by atoms with Crippen LogP contribution in [-0.4, -0.2) is 36.7 Å². The van der Waals surface area contributed by atoms with Gasteiger partial charge in [-0.15, -0.1) is 0 Å². The monoisotopic (exact) mass is 535 g/mol. The maximum Gasteiger partial charge on any atom is 0.416 e. The van der Waals surface area contributed by atoms with Crippen LogP contribution in [0.3, 0.4) is 0 Å². The van der Waals surface area contributed by atoms with Crippen molar-refractivity contribution >= 4 is 26.9 Å². The molecule has 37 heavy (non-hydrogen) atoms. The predicted molar refractivity (Wildman–Crippen MR) is 123 cm³/mol. The number of carbonyl (C=O) groups is 1. The molecule has 1 aromatic heterocycles. The summed E-state index contributed by atoms with van der Waals surface area (Å²) >= 11 is 0. The van der Waals surface area contributed by atoms with Crippen LogP contribution in [0, 0.1) is 5.82 Å². The highest BCUT2D eigenvalue weighted by Gasteiger charge is 2.32. The van der Waals surface area contributed by atoms with Crippen LogP contribution in [0.25, 0.3) is 10.9 Å². The molecule has 0 atom stereocenters. The van der Waals surface area contributed by atoms with Crippen molar-refractivity contribution in [2.75, 3.05) is 13.2 Å². The number of aromatic nitrogens is 1. The summed E-state index contributed by atoms with van der Waals surface area (Å²) in [7, 11) is -4.43. The molecule has 1 N–H and O–H groups in total. The first-order valence-corrected chi connectivity index (χ1v) is 12.3. The maximum atomic E-state index is 14.6. The minimum atomic E-state index is -4.67. The zero-order valence-electron chi connectivity index (χ0n) is 18.8. The van der Waals surface area contributed by atoms with E-state index in [-0.39, 0.29) is 51.6 Å². The van der Waals surface area contributed by atoms with Crippen molar-refractivity contribution in [3.8, 4) is 11.5 Å². The molecule has 0 saturated carbocycles. The van der Waals surface area contributed by atoms with Crippen LogP contribution in [0.15, 0.2) is 65.6 Å². The van der Waals surface area contributed by atoms with E-state index in [0.29, 0.717) is 5.75 Å². The molecule has 7 nitrogen and oxygen atoms in total. The van der Waals surface area contributed by atoms with Crippen molar-refractivity contribution in [3.63, 3.8) is 0 Å². The van der Waals surface area contributed by atoms with Gasteiger partial charge in [-0.05, 0) is 60.2 Å². The highest BCUT2D eigenvalue weighted by Crippen LogP contribution is 2.37. The number of alkyl halides is 3. The predicted octanol–water partition coefficient (Wildman–Crippen LogP) is 5.10. The molecule has 0 amide bonds. The lowest BCUT2D eigenvalue weighted by Crippen LogP contribution is -2.18. The Balaban J connectivity index is 1.71. The third-order valence-corrected chi connectivity index (χ3v) is 7.63. The molecule has 5 rings (SSSR count). The Morgan fingerprint density at radius 3 is 2.38 bits per heavy atom. The van der Waals surface area contributed by atoms with Gasteiger partial charge in [-0.25, -0.2) is 21.6 Å². The van der Waals surface area contributed by atoms with E-state index in [4.69, 9.17) is 9.47 Å². The van der Waals surface area contributed by atoms with E-state index in [1.807, 2.05) is 0 Å². The van der Waals surface area contributed by atoms with Gasteiger partial charge in [0, 0.05) is 23.6 Å². The van der Waals surface area contributed by atoms with Crippen LogP contribution in [0.4, 0.5) is 17.6 Å². The molecule has 2 heterocycles. The number of rotatable bonds is 5. The van der Waals surface area contributed by atoms with E-state index in [0.717, 1.165) is 40.4 Å². The topological polar surface area (TPSA) is 94.8 Å². The van der Waals surface area contributed by atoms with E-state index in [2.05, 4.69) is 0 Å². The second kappa shape index (κ2) is 8.80. The Bertz CT molecular complexity index is 1660. The highest BCUT2D eigenvalue weighted by molar-refractivity contribution is 7.90. The fraction of sp³-hybridized carbons (Fsp3) is 0.160. The lowest BCUT2D eigenvalue weighted by molar-refractivity contribution is -0.137. The Hall–Kier alpha value is -4.06. The van der Waals surface area contributed by atoms with Gasteiger partial charge < -0.3 is 14.6 Å². The number of benzene rings is 3. The van der Waals surface area contributed by atoms with E-state index in [9.17, 15) is 35.9 Å². The molecule has 0 fully saturated rings. The van der Waals surface area contributed by atoms with Gasteiger partial charge in [-0.2, -0.15) is 13.2 Å². The van der Waals surface area contributed by atoms with Gasteiger partial charge in [0.2, 0.25) is 0 Å². The molecule has 192 valence electrons. The molecule has 0 radical (unpaired) electrons. The van der Waals surface area contributed by atoms with E-state index >= 15 is 0 Å². The fourth-order valence-electron chi connectivity index (χ4n) is 4.16. The number of fused-ring (bicyclic) bond motifs is 2. The van der Waals surface area contributed by atoms with Crippen molar-refractivity contribution in [3.05, 3.63) is 88.9 Å². The number of nitrogens with zero attached hydrogens (tertiary/aromatic N) is 1. The van der Waals surface area contributed by atoms with Crippen molar-refractivity contribution in [2.45, 2.75) is 17.5 Å². The van der Waals surface area contributed by atoms with Crippen molar-refractivity contribution in [2.24, 2.45) is 0 Å². The quantitative estimate of drug-likeness (QED) is 0.358. The molecule has 0 saturated heterocycles. The van der Waals surface area contributed by atoms with Crippen LogP contribution >= 0.6 is 0 Å². The Morgan fingerprint density at radius 2 is 1.68 bits per heavy atom. The average Bonchev–Trinajstić information content (AvgIpc) is 3.22. The smallest absolute Gasteiger partial charge is 0.416 e. The molecule has 0 aliphatic carbocycles. The van der Waals surface area contributed by atoms with Crippen molar-refractivity contribution in [1.29, 1.82) is 0 Å². The molecular weight excluding hydrogens is 518 g/mol. The Morgan fingerprint density at radius 1 is 0.946 bits per heavy atom. The number of hydrogen-bond donors (Lipinski definition) is 1. The zero-order valence-corrected chi connectivity index (χ0v) is 19.6. The van der Waals surface area contributed by atoms with Gasteiger partial charge in [0.25, 0.3) is 10.0 Å². The first-order valence-electron chi connectivity index (χ1n) is 10.8. The number of aromatic carboxylic acids is 1. The van der Waals surface area contributed by atoms with Crippen molar-refractivity contribution in [1.82, 2.24) is 3.97 Å². The standard InChI is InChI=1S/C25H17F4NO6S/c26-20-4-1-14(24(31)32)9-15(20)11-18-12-16-10-17(25(27,28)29)2-5-21(16)30(18)37(33,34)19-3-6-22-23(13-19)36-8-7-35-22/h1-6,9-10,12-13H,7-8,11H2,(H,31,32). The second-order valence-electron chi connectivity index (χ2n) is 8.27. The molecule has 0 spiro atoms. The summed E-state index contributed by atoms with van der Waals surface area (Å²) in [5.41, 5.74) is -1.48. The Kier molecular flexibility index (Phi) is 5.86. The minimum absolute atomic E-state index is 0.0410. The van der Waals surface area contributed by atoms with Gasteiger partial charge in [0.1, 0.15) is 19.0 Å². The maximum absolute atomic E-state index is 14.6. The van der Waals surface area contributed by atoms with Crippen LogP contribution in [0.1, 0.15) is 27.2 Å². The van der Waals surface area contributed by atoms with Crippen molar-refractivity contribution < 1.29 is 45.4 Å². The molecular formula is C25H17F4NO6S. The molecule has 12 heteroatoms. The van der Waals surface area contributed by atoms with E-state index in [1.54, 1.807) is 0 Å². The second-order valence-corrected chi connectivity index (χ2v) is 10.1. The van der Waals surface area contributed by atoms with Crippen LogP contribution in [0.5, 0.6) is 11.5 Å². The van der Waals surface area contributed by atoms with Gasteiger partial charge in [0.05, 0.1) is 21.5 Å². The van der Waals surface area contributed by atoms with Gasteiger partial charge >= 0.3 is 12.1 Å². The first kappa shape index (κ1) is 24.6. The SMILES string of the molecule is O=C(O)c1ccc(F)c(Cc2cc3cc(C(F)(F)F)ccc3n2S(=O)(=O)c2ccc3c(c2)OCCO3)c1. The van der Waals surface area contributed by atoms with Gasteiger partial charge in [-0.3, -0.25) is 0 Å². The molecule has 0 unspecified atom stereocenters. The first-order chi connectivity index (χ1) is 17.4.